The van der Waals surface area contributed by atoms with Crippen LogP contribution in [0.15, 0.2) is 158 Å². The van der Waals surface area contributed by atoms with Crippen LogP contribution in [0.3, 0.4) is 0 Å². The number of rotatable bonds is 16. The summed E-state index contributed by atoms with van der Waals surface area (Å²) in [5.74, 6) is -1.06. The number of ether oxygens (including phenoxy) is 1. The van der Waals surface area contributed by atoms with Crippen molar-refractivity contribution in [3.05, 3.63) is 186 Å². The Hall–Kier alpha value is -7.21. The fourth-order valence-electron chi connectivity index (χ4n) is 6.90. The van der Waals surface area contributed by atoms with Gasteiger partial charge in [-0.25, -0.2) is 14.6 Å². The normalized spacial score (nSPS) is 11.8. The molecule has 2 amide bonds. The Balaban J connectivity index is 0.989. The summed E-state index contributed by atoms with van der Waals surface area (Å²) in [4.78, 5) is 41.8. The number of hydrogen-bond donors (Lipinski definition) is 4. The van der Waals surface area contributed by atoms with Crippen LogP contribution in [0.25, 0.3) is 10.9 Å². The third-order valence-electron chi connectivity index (χ3n) is 9.58. The van der Waals surface area contributed by atoms with Crippen molar-refractivity contribution >= 4 is 34.8 Å². The molecule has 7 rings (SSSR count). The minimum atomic E-state index is -1.38. The number of imidazole rings is 1. The van der Waals surface area contributed by atoms with Gasteiger partial charge in [-0.2, -0.15) is 5.10 Å². The van der Waals surface area contributed by atoms with Crippen molar-refractivity contribution in [2.24, 2.45) is 0 Å². The van der Waals surface area contributed by atoms with Gasteiger partial charge >= 0.3 is 12.1 Å². The number of amides is 2. The molecule has 12 heteroatoms. The van der Waals surface area contributed by atoms with Gasteiger partial charge in [0.05, 0.1) is 11.7 Å². The number of carboxylic acids is 1. The number of anilines is 1. The molecule has 0 spiro atoms. The average Bonchev–Trinajstić information content (AvgIpc) is 3.89. The van der Waals surface area contributed by atoms with E-state index in [2.05, 4.69) is 98.4 Å². The molecule has 0 aliphatic rings. The van der Waals surface area contributed by atoms with E-state index < -0.39 is 29.6 Å². The number of nitrogens with zero attached hydrogens (tertiary/aromatic N) is 4. The second-order valence-corrected chi connectivity index (χ2v) is 13.2. The summed E-state index contributed by atoms with van der Waals surface area (Å²) in [7, 11) is 0. The number of carbonyl (C=O) groups is 3. The van der Waals surface area contributed by atoms with Gasteiger partial charge in [0.25, 0.3) is 5.91 Å². The van der Waals surface area contributed by atoms with Gasteiger partial charge in [-0.3, -0.25) is 14.0 Å². The van der Waals surface area contributed by atoms with E-state index in [-0.39, 0.29) is 13.2 Å². The standard InChI is InChI=1S/C44H41N7O5/c52-40(47-30-38(41(53)54)49-43(55)56-31-32-14-5-1-6-15-32)33-22-23-39-34(28-33)29-48-51(39)26-13-24-45-42-46-25-27-50(42)44(35-16-7-2-8-17-35,36-18-9-3-10-19-36)37-20-11-4-12-21-37/h1-12,14-23,25,27-29,38H,13,24,26,30-31H2,(H,45,46)(H,47,52)(H,49,55)(H,53,54). The van der Waals surface area contributed by atoms with E-state index in [0.29, 0.717) is 18.7 Å². The van der Waals surface area contributed by atoms with Crippen LogP contribution >= 0.6 is 0 Å². The molecular weight excluding hydrogens is 707 g/mol. The number of aromatic nitrogens is 4. The fraction of sp³-hybridized carbons (Fsp3) is 0.159. The van der Waals surface area contributed by atoms with Crippen LogP contribution in [0, 0.1) is 0 Å². The maximum atomic E-state index is 13.0. The molecular formula is C44H41N7O5. The van der Waals surface area contributed by atoms with Gasteiger partial charge in [0.2, 0.25) is 5.95 Å². The second kappa shape index (κ2) is 17.3. The highest BCUT2D eigenvalue weighted by atomic mass is 16.5. The highest BCUT2D eigenvalue weighted by Gasteiger charge is 2.39. The van der Waals surface area contributed by atoms with Crippen molar-refractivity contribution in [1.82, 2.24) is 30.0 Å². The predicted octanol–water partition coefficient (Wildman–Crippen LogP) is 6.68. The van der Waals surface area contributed by atoms with Gasteiger partial charge in [-0.15, -0.1) is 0 Å². The molecule has 7 aromatic rings. The summed E-state index contributed by atoms with van der Waals surface area (Å²) in [6, 6.07) is 44.2. The molecule has 4 N–H and O–H groups in total. The maximum Gasteiger partial charge on any atom is 0.408 e. The van der Waals surface area contributed by atoms with Crippen LogP contribution in [0.2, 0.25) is 0 Å². The average molecular weight is 748 g/mol. The molecule has 0 aliphatic carbocycles. The molecule has 0 radical (unpaired) electrons. The Labute approximate surface area is 323 Å². The van der Waals surface area contributed by atoms with E-state index in [4.69, 9.17) is 9.72 Å². The van der Waals surface area contributed by atoms with Gasteiger partial charge in [0.15, 0.2) is 0 Å². The van der Waals surface area contributed by atoms with Crippen molar-refractivity contribution in [2.45, 2.75) is 31.2 Å². The summed E-state index contributed by atoms with van der Waals surface area (Å²) >= 11 is 0. The number of carbonyl (C=O) groups excluding carboxylic acids is 2. The molecule has 282 valence electrons. The number of benzene rings is 5. The lowest BCUT2D eigenvalue weighted by Crippen LogP contribution is -2.48. The van der Waals surface area contributed by atoms with Gasteiger partial charge in [0.1, 0.15) is 18.2 Å². The van der Waals surface area contributed by atoms with E-state index >= 15 is 0 Å². The van der Waals surface area contributed by atoms with Crippen LogP contribution < -0.4 is 16.0 Å². The summed E-state index contributed by atoms with van der Waals surface area (Å²) in [6.45, 7) is 0.877. The number of hydrogen-bond acceptors (Lipinski definition) is 7. The van der Waals surface area contributed by atoms with E-state index in [0.717, 1.165) is 45.5 Å². The van der Waals surface area contributed by atoms with E-state index in [1.807, 2.05) is 47.4 Å². The third kappa shape index (κ3) is 8.14. The third-order valence-corrected chi connectivity index (χ3v) is 9.58. The van der Waals surface area contributed by atoms with Crippen LogP contribution in [0.4, 0.5) is 10.7 Å². The van der Waals surface area contributed by atoms with Gasteiger partial charge in [-0.1, -0.05) is 121 Å². The number of carboxylic acid groups (broad SMARTS) is 1. The summed E-state index contributed by atoms with van der Waals surface area (Å²) < 4.78 is 9.22. The number of nitrogens with one attached hydrogen (secondary N) is 3. The second-order valence-electron chi connectivity index (χ2n) is 13.2. The number of fused-ring (bicyclic) bond motifs is 1. The fourth-order valence-corrected chi connectivity index (χ4v) is 6.90. The van der Waals surface area contributed by atoms with Gasteiger partial charge in [-0.05, 0) is 46.9 Å². The van der Waals surface area contributed by atoms with Gasteiger partial charge < -0.3 is 25.8 Å². The molecule has 12 nitrogen and oxygen atoms in total. The molecule has 0 bridgehead atoms. The van der Waals surface area contributed by atoms with Crippen LogP contribution in [-0.4, -0.2) is 61.5 Å². The molecule has 2 aromatic heterocycles. The minimum absolute atomic E-state index is 0.0140. The monoisotopic (exact) mass is 747 g/mol. The highest BCUT2D eigenvalue weighted by molar-refractivity contribution is 5.98. The topological polar surface area (TPSA) is 152 Å². The molecule has 2 heterocycles. The zero-order valence-corrected chi connectivity index (χ0v) is 30.5. The number of aryl methyl sites for hydroxylation is 1. The molecule has 0 saturated heterocycles. The van der Waals surface area contributed by atoms with Crippen LogP contribution in [0.5, 0.6) is 0 Å². The molecule has 0 fully saturated rings. The van der Waals surface area contributed by atoms with Crippen molar-refractivity contribution in [3.63, 3.8) is 0 Å². The lowest BCUT2D eigenvalue weighted by molar-refractivity contribution is -0.139. The lowest BCUT2D eigenvalue weighted by Gasteiger charge is -2.38. The highest BCUT2D eigenvalue weighted by Crippen LogP contribution is 2.42. The number of alkyl carbamates (subject to hydrolysis) is 1. The maximum absolute atomic E-state index is 13.0. The predicted molar refractivity (Wildman–Crippen MR) is 213 cm³/mol. The zero-order valence-electron chi connectivity index (χ0n) is 30.5. The quantitative estimate of drug-likeness (QED) is 0.0631. The molecule has 56 heavy (non-hydrogen) atoms. The first-order valence-corrected chi connectivity index (χ1v) is 18.3. The van der Waals surface area contributed by atoms with Crippen molar-refractivity contribution in [2.75, 3.05) is 18.4 Å². The Morgan fingerprint density at radius 2 is 1.39 bits per heavy atom. The zero-order chi connectivity index (χ0) is 38.7. The summed E-state index contributed by atoms with van der Waals surface area (Å²) in [5.41, 5.74) is 4.57. The Bertz CT molecular complexity index is 2290. The molecule has 0 aliphatic heterocycles. The molecule has 1 unspecified atom stereocenters. The van der Waals surface area contributed by atoms with Crippen molar-refractivity contribution < 1.29 is 24.2 Å². The van der Waals surface area contributed by atoms with Crippen LogP contribution in [-0.2, 0) is 28.2 Å². The molecule has 1 atom stereocenters. The Morgan fingerprint density at radius 1 is 0.786 bits per heavy atom. The van der Waals surface area contributed by atoms with Gasteiger partial charge in [0, 0.05) is 43.0 Å². The smallest absolute Gasteiger partial charge is 0.408 e. The Kier molecular flexibility index (Phi) is 11.5. The van der Waals surface area contributed by atoms with Crippen molar-refractivity contribution in [1.29, 1.82) is 0 Å². The number of aliphatic carboxylic acids is 1. The first-order chi connectivity index (χ1) is 27.4. The van der Waals surface area contributed by atoms with E-state index in [1.54, 1.807) is 42.6 Å². The van der Waals surface area contributed by atoms with E-state index in [9.17, 15) is 19.5 Å². The van der Waals surface area contributed by atoms with Crippen molar-refractivity contribution in [3.8, 4) is 0 Å². The SMILES string of the molecule is O=C(NC(CNC(=O)c1ccc2c(cnn2CCCNc2nccn2C(c2ccccc2)(c2ccccc2)c2ccccc2)c1)C(=O)O)OCc1ccccc1. The molecule has 5 aromatic carbocycles. The molecule has 0 saturated carbocycles. The summed E-state index contributed by atoms with van der Waals surface area (Å²) in [5, 5.41) is 23.4. The largest absolute Gasteiger partial charge is 0.480 e. The Morgan fingerprint density at radius 3 is 2.00 bits per heavy atom. The van der Waals surface area contributed by atoms with Crippen LogP contribution in [0.1, 0.15) is 39.0 Å². The van der Waals surface area contributed by atoms with E-state index in [1.165, 1.54) is 0 Å². The summed E-state index contributed by atoms with van der Waals surface area (Å²) in [6.07, 6.45) is 5.37. The first kappa shape index (κ1) is 37.1. The first-order valence-electron chi connectivity index (χ1n) is 18.3. The minimum Gasteiger partial charge on any atom is -0.480 e. The lowest BCUT2D eigenvalue weighted by atomic mass is 9.76.